The lowest BCUT2D eigenvalue weighted by molar-refractivity contribution is -0.159. The molecular formula is C12H16O6. The summed E-state index contributed by atoms with van der Waals surface area (Å²) in [5.74, 6) is -0.772. The number of rotatable bonds is 3. The molecule has 6 heteroatoms. The summed E-state index contributed by atoms with van der Waals surface area (Å²) in [6, 6.07) is 0. The second-order valence-corrected chi connectivity index (χ2v) is 5.04. The fourth-order valence-corrected chi connectivity index (χ4v) is 3.38. The summed E-state index contributed by atoms with van der Waals surface area (Å²) in [6.07, 6.45) is -0.703. The average Bonchev–Trinajstić information content (AvgIpc) is 3.18. The summed E-state index contributed by atoms with van der Waals surface area (Å²) in [4.78, 5) is 22.8. The molecular weight excluding hydrogens is 240 g/mol. The van der Waals surface area contributed by atoms with Crippen LogP contribution in [0, 0.1) is 17.8 Å². The minimum atomic E-state index is -0.412. The van der Waals surface area contributed by atoms with E-state index in [1.165, 1.54) is 14.0 Å². The van der Waals surface area contributed by atoms with E-state index in [9.17, 15) is 9.59 Å². The SMILES string of the molecule is COC(=O)[C@@H]1[C@H]2[C@@H]3O[C@@H]3[C@@H](OC)[C@H](OC(C)=O)[C@@H]12. The first kappa shape index (κ1) is 11.9. The number of methoxy groups -OCH3 is 2. The zero-order valence-electron chi connectivity index (χ0n) is 10.5. The van der Waals surface area contributed by atoms with Gasteiger partial charge in [-0.2, -0.15) is 0 Å². The molecule has 2 saturated carbocycles. The molecule has 0 aromatic carbocycles. The van der Waals surface area contributed by atoms with Gasteiger partial charge < -0.3 is 18.9 Å². The van der Waals surface area contributed by atoms with Crippen molar-refractivity contribution in [2.75, 3.05) is 14.2 Å². The lowest BCUT2D eigenvalue weighted by Crippen LogP contribution is -2.42. The molecule has 0 bridgehead atoms. The summed E-state index contributed by atoms with van der Waals surface area (Å²) < 4.78 is 21.0. The van der Waals surface area contributed by atoms with Crippen LogP contribution in [0.3, 0.4) is 0 Å². The maximum Gasteiger partial charge on any atom is 0.309 e. The van der Waals surface area contributed by atoms with E-state index >= 15 is 0 Å². The molecule has 1 aliphatic heterocycles. The van der Waals surface area contributed by atoms with Crippen LogP contribution in [0.4, 0.5) is 0 Å². The van der Waals surface area contributed by atoms with Gasteiger partial charge in [0.25, 0.3) is 0 Å². The quantitative estimate of drug-likeness (QED) is 0.512. The number of fused-ring (bicyclic) bond motifs is 3. The van der Waals surface area contributed by atoms with Crippen molar-refractivity contribution >= 4 is 11.9 Å². The highest BCUT2D eigenvalue weighted by molar-refractivity contribution is 5.77. The number of hydrogen-bond acceptors (Lipinski definition) is 6. The van der Waals surface area contributed by atoms with E-state index in [-0.39, 0.29) is 48.0 Å². The van der Waals surface area contributed by atoms with Gasteiger partial charge in [-0.3, -0.25) is 9.59 Å². The molecule has 3 aliphatic rings. The van der Waals surface area contributed by atoms with Gasteiger partial charge in [0.15, 0.2) is 0 Å². The van der Waals surface area contributed by atoms with Crippen LogP contribution in [0.25, 0.3) is 0 Å². The van der Waals surface area contributed by atoms with E-state index in [2.05, 4.69) is 0 Å². The summed E-state index contributed by atoms with van der Waals surface area (Å²) in [7, 11) is 2.93. The number of esters is 2. The average molecular weight is 256 g/mol. The van der Waals surface area contributed by atoms with Crippen LogP contribution in [0.2, 0.25) is 0 Å². The first-order valence-corrected chi connectivity index (χ1v) is 6.03. The van der Waals surface area contributed by atoms with Crippen molar-refractivity contribution in [3.8, 4) is 0 Å². The van der Waals surface area contributed by atoms with E-state index in [0.29, 0.717) is 0 Å². The van der Waals surface area contributed by atoms with Crippen molar-refractivity contribution in [2.24, 2.45) is 17.8 Å². The molecule has 18 heavy (non-hydrogen) atoms. The summed E-state index contributed by atoms with van der Waals surface area (Å²) in [6.45, 7) is 1.36. The van der Waals surface area contributed by atoms with E-state index in [1.807, 2.05) is 0 Å². The van der Waals surface area contributed by atoms with Crippen LogP contribution >= 0.6 is 0 Å². The molecule has 0 unspecified atom stereocenters. The van der Waals surface area contributed by atoms with Gasteiger partial charge in [0, 0.05) is 25.9 Å². The second-order valence-electron chi connectivity index (χ2n) is 5.04. The first-order valence-electron chi connectivity index (χ1n) is 6.03. The fourth-order valence-electron chi connectivity index (χ4n) is 3.38. The van der Waals surface area contributed by atoms with Gasteiger partial charge in [-0.25, -0.2) is 0 Å². The topological polar surface area (TPSA) is 74.4 Å². The predicted molar refractivity (Wildman–Crippen MR) is 57.5 cm³/mol. The van der Waals surface area contributed by atoms with Crippen LogP contribution in [0.1, 0.15) is 6.92 Å². The lowest BCUT2D eigenvalue weighted by atomic mass is 9.94. The molecule has 1 saturated heterocycles. The number of carbonyl (C=O) groups is 2. The maximum absolute atomic E-state index is 11.7. The molecule has 6 nitrogen and oxygen atoms in total. The monoisotopic (exact) mass is 256 g/mol. The third-order valence-electron chi connectivity index (χ3n) is 4.15. The lowest BCUT2D eigenvalue weighted by Gasteiger charge is -2.27. The van der Waals surface area contributed by atoms with Gasteiger partial charge in [-0.15, -0.1) is 0 Å². The zero-order chi connectivity index (χ0) is 13.0. The van der Waals surface area contributed by atoms with E-state index in [1.54, 1.807) is 7.11 Å². The molecule has 0 spiro atoms. The number of ether oxygens (including phenoxy) is 4. The Morgan fingerprint density at radius 3 is 2.33 bits per heavy atom. The third-order valence-corrected chi connectivity index (χ3v) is 4.15. The van der Waals surface area contributed by atoms with Crippen LogP contribution in [0.15, 0.2) is 0 Å². The fraction of sp³-hybridized carbons (Fsp3) is 0.833. The highest BCUT2D eigenvalue weighted by atomic mass is 16.6. The zero-order valence-corrected chi connectivity index (χ0v) is 10.5. The van der Waals surface area contributed by atoms with Crippen LogP contribution in [0.5, 0.6) is 0 Å². The Balaban J connectivity index is 1.81. The Morgan fingerprint density at radius 2 is 1.78 bits per heavy atom. The third kappa shape index (κ3) is 1.55. The number of carbonyl (C=O) groups excluding carboxylic acids is 2. The first-order chi connectivity index (χ1) is 8.60. The minimum Gasteiger partial charge on any atom is -0.469 e. The van der Waals surface area contributed by atoms with Gasteiger partial charge >= 0.3 is 11.9 Å². The summed E-state index contributed by atoms with van der Waals surface area (Å²) >= 11 is 0. The van der Waals surface area contributed by atoms with Gasteiger partial charge in [0.1, 0.15) is 18.3 Å². The van der Waals surface area contributed by atoms with E-state index < -0.39 is 6.10 Å². The highest BCUT2D eigenvalue weighted by Gasteiger charge is 2.76. The molecule has 3 rings (SSSR count). The van der Waals surface area contributed by atoms with Crippen molar-refractivity contribution in [3.05, 3.63) is 0 Å². The normalized spacial score (nSPS) is 47.6. The van der Waals surface area contributed by atoms with Gasteiger partial charge in [-0.05, 0) is 0 Å². The van der Waals surface area contributed by atoms with Crippen molar-refractivity contribution in [2.45, 2.75) is 31.3 Å². The molecule has 0 radical (unpaired) electrons. The van der Waals surface area contributed by atoms with Crippen molar-refractivity contribution < 1.29 is 28.5 Å². The Hall–Kier alpha value is -1.14. The molecule has 7 atom stereocenters. The second kappa shape index (κ2) is 3.93. The van der Waals surface area contributed by atoms with Gasteiger partial charge in [-0.1, -0.05) is 0 Å². The van der Waals surface area contributed by atoms with Gasteiger partial charge in [0.2, 0.25) is 0 Å². The smallest absolute Gasteiger partial charge is 0.309 e. The summed E-state index contributed by atoms with van der Waals surface area (Å²) in [5, 5.41) is 0. The van der Waals surface area contributed by atoms with Crippen LogP contribution < -0.4 is 0 Å². The molecule has 0 N–H and O–H groups in total. The minimum absolute atomic E-state index is 0.0324. The molecule has 100 valence electrons. The predicted octanol–water partition coefficient (Wildman–Crippen LogP) is -0.251. The Bertz CT molecular complexity index is 394. The highest BCUT2D eigenvalue weighted by Crippen LogP contribution is 2.63. The molecule has 0 amide bonds. The van der Waals surface area contributed by atoms with Crippen LogP contribution in [-0.2, 0) is 28.5 Å². The summed E-state index contributed by atoms with van der Waals surface area (Å²) in [5.41, 5.74) is 0. The Morgan fingerprint density at radius 1 is 1.06 bits per heavy atom. The molecule has 3 fully saturated rings. The number of epoxide rings is 1. The molecule has 0 aromatic rings. The standard InChI is InChI=1S/C12H16O6/c1-4(13)17-8-5-6(7(5)12(14)16-3)9-11(18-9)10(8)15-2/h5-11H,1-3H3/t5-,6+,7+,8-,9+,10+,11+/m1/s1. The molecule has 0 aromatic heterocycles. The molecule has 2 aliphatic carbocycles. The van der Waals surface area contributed by atoms with E-state index in [4.69, 9.17) is 18.9 Å². The van der Waals surface area contributed by atoms with Crippen molar-refractivity contribution in [1.82, 2.24) is 0 Å². The molecule has 1 heterocycles. The van der Waals surface area contributed by atoms with Crippen molar-refractivity contribution in [3.63, 3.8) is 0 Å². The Labute approximate surface area is 105 Å². The van der Waals surface area contributed by atoms with Crippen molar-refractivity contribution in [1.29, 1.82) is 0 Å². The van der Waals surface area contributed by atoms with E-state index in [0.717, 1.165) is 0 Å². The van der Waals surface area contributed by atoms with Gasteiger partial charge in [0.05, 0.1) is 19.1 Å². The maximum atomic E-state index is 11.7. The van der Waals surface area contributed by atoms with Crippen LogP contribution in [-0.4, -0.2) is 50.6 Å². The largest absolute Gasteiger partial charge is 0.469 e. The number of hydrogen-bond donors (Lipinski definition) is 0. The Kier molecular flexibility index (Phi) is 2.60.